The summed E-state index contributed by atoms with van der Waals surface area (Å²) in [7, 11) is 0. The number of nitrogens with zero attached hydrogens (tertiary/aromatic N) is 6. The Kier molecular flexibility index (Phi) is 6.27. The molecule has 0 bridgehead atoms. The summed E-state index contributed by atoms with van der Waals surface area (Å²) in [6, 6.07) is 12.5. The van der Waals surface area contributed by atoms with Gasteiger partial charge in [-0.05, 0) is 29.8 Å². The van der Waals surface area contributed by atoms with Crippen LogP contribution in [0.1, 0.15) is 40.5 Å². The minimum absolute atomic E-state index is 0.0520. The molecule has 9 nitrogen and oxygen atoms in total. The third-order valence-corrected chi connectivity index (χ3v) is 5.24. The fourth-order valence-corrected chi connectivity index (χ4v) is 3.86. The predicted molar refractivity (Wildman–Crippen MR) is 110 cm³/mol. The van der Waals surface area contributed by atoms with Crippen molar-refractivity contribution in [2.75, 3.05) is 0 Å². The van der Waals surface area contributed by atoms with E-state index in [1.807, 2.05) is 6.92 Å². The van der Waals surface area contributed by atoms with Gasteiger partial charge in [-0.25, -0.2) is 0 Å². The van der Waals surface area contributed by atoms with E-state index in [4.69, 9.17) is 11.1 Å². The van der Waals surface area contributed by atoms with Gasteiger partial charge in [-0.3, -0.25) is 14.4 Å². The van der Waals surface area contributed by atoms with Crippen LogP contribution in [0, 0.1) is 17.8 Å². The molecule has 1 aliphatic rings. The largest absolute Gasteiger partial charge is 0.298 e. The summed E-state index contributed by atoms with van der Waals surface area (Å²) in [5.41, 5.74) is 18.1. The highest BCUT2D eigenvalue weighted by atomic mass is 16.2. The van der Waals surface area contributed by atoms with E-state index in [2.05, 4.69) is 20.1 Å². The fraction of sp³-hybridized carbons (Fsp3) is 0.286. The summed E-state index contributed by atoms with van der Waals surface area (Å²) in [6.07, 6.45) is 0.619. The van der Waals surface area contributed by atoms with E-state index in [9.17, 15) is 14.4 Å². The molecule has 9 heteroatoms. The molecule has 1 saturated carbocycles. The van der Waals surface area contributed by atoms with Crippen molar-refractivity contribution < 1.29 is 14.4 Å². The van der Waals surface area contributed by atoms with Crippen LogP contribution in [0.5, 0.6) is 0 Å². The maximum absolute atomic E-state index is 13.2. The van der Waals surface area contributed by atoms with Gasteiger partial charge in [0.25, 0.3) is 0 Å². The predicted octanol–water partition coefficient (Wildman–Crippen LogP) is 5.87. The summed E-state index contributed by atoms with van der Waals surface area (Å²) in [5.74, 6) is -3.46. The Morgan fingerprint density at radius 2 is 1.23 bits per heavy atom. The maximum atomic E-state index is 13.2. The van der Waals surface area contributed by atoms with Gasteiger partial charge in [0.05, 0.1) is 11.8 Å². The Morgan fingerprint density at radius 3 is 1.63 bits per heavy atom. The smallest absolute Gasteiger partial charge is 0.173 e. The number of rotatable bonds is 6. The number of Topliss-reactive ketones (excluding diaryl/α,β-unsaturated/α-hetero) is 3. The second-order valence-corrected chi connectivity index (χ2v) is 7.23. The second kappa shape index (κ2) is 9.05. The number of hydrogen-bond acceptors (Lipinski definition) is 5. The van der Waals surface area contributed by atoms with Crippen LogP contribution in [0.4, 0.5) is 11.4 Å². The summed E-state index contributed by atoms with van der Waals surface area (Å²) in [5, 5.41) is 7.07. The van der Waals surface area contributed by atoms with Crippen molar-refractivity contribution >= 4 is 28.7 Å². The first-order chi connectivity index (χ1) is 14.5. The standard InChI is InChI=1S/C21H18N6O3/c1-12-10-15(19(28)13-6-2-4-8-17(13)24-26-22)21(30)16(11-12)20(29)14-7-3-5-9-18(14)25-27-23/h2-9,12,15-16H,10-11H2,1H3. The van der Waals surface area contributed by atoms with Crippen molar-refractivity contribution in [1.29, 1.82) is 0 Å². The number of benzene rings is 2. The van der Waals surface area contributed by atoms with Crippen molar-refractivity contribution in [2.24, 2.45) is 28.0 Å². The molecule has 0 radical (unpaired) electrons. The molecule has 2 aromatic carbocycles. The molecule has 2 unspecified atom stereocenters. The first-order valence-corrected chi connectivity index (χ1v) is 9.38. The Balaban J connectivity index is 1.96. The van der Waals surface area contributed by atoms with Crippen LogP contribution < -0.4 is 0 Å². The molecule has 1 fully saturated rings. The molecule has 0 heterocycles. The topological polar surface area (TPSA) is 149 Å². The van der Waals surface area contributed by atoms with E-state index in [-0.39, 0.29) is 28.4 Å². The van der Waals surface area contributed by atoms with Crippen LogP contribution in [0.15, 0.2) is 58.8 Å². The lowest BCUT2D eigenvalue weighted by molar-refractivity contribution is -0.126. The Labute approximate surface area is 172 Å². The molecule has 2 aromatic rings. The highest BCUT2D eigenvalue weighted by molar-refractivity contribution is 6.21. The number of hydrogen-bond donors (Lipinski definition) is 0. The summed E-state index contributed by atoms with van der Waals surface area (Å²) >= 11 is 0. The number of ketones is 3. The van der Waals surface area contributed by atoms with Crippen molar-refractivity contribution in [2.45, 2.75) is 19.8 Å². The lowest BCUT2D eigenvalue weighted by Gasteiger charge is -2.31. The highest BCUT2D eigenvalue weighted by Gasteiger charge is 2.43. The first kappa shape index (κ1) is 20.8. The Morgan fingerprint density at radius 1 is 0.833 bits per heavy atom. The maximum Gasteiger partial charge on any atom is 0.173 e. The van der Waals surface area contributed by atoms with Gasteiger partial charge < -0.3 is 0 Å². The molecule has 0 aliphatic heterocycles. The average Bonchev–Trinajstić information content (AvgIpc) is 2.75. The van der Waals surface area contributed by atoms with Crippen LogP contribution in [-0.4, -0.2) is 17.3 Å². The molecule has 30 heavy (non-hydrogen) atoms. The van der Waals surface area contributed by atoms with Gasteiger partial charge in [-0.1, -0.05) is 65.7 Å². The molecule has 0 spiro atoms. The molecule has 1 aliphatic carbocycles. The molecule has 0 N–H and O–H groups in total. The van der Waals surface area contributed by atoms with E-state index in [0.717, 1.165) is 0 Å². The minimum Gasteiger partial charge on any atom is -0.298 e. The summed E-state index contributed by atoms with van der Waals surface area (Å²) in [4.78, 5) is 44.9. The average molecular weight is 402 g/mol. The van der Waals surface area contributed by atoms with Gasteiger partial charge in [-0.2, -0.15) is 0 Å². The van der Waals surface area contributed by atoms with Crippen LogP contribution >= 0.6 is 0 Å². The molecule has 0 saturated heterocycles. The van der Waals surface area contributed by atoms with Gasteiger partial charge in [0.15, 0.2) is 17.3 Å². The molecule has 2 atom stereocenters. The zero-order chi connectivity index (χ0) is 21.7. The van der Waals surface area contributed by atoms with Crippen molar-refractivity contribution in [3.63, 3.8) is 0 Å². The monoisotopic (exact) mass is 402 g/mol. The van der Waals surface area contributed by atoms with Crippen LogP contribution in [0.2, 0.25) is 0 Å². The van der Waals surface area contributed by atoms with Crippen molar-refractivity contribution in [3.05, 3.63) is 80.5 Å². The molecule has 3 rings (SSSR count). The summed E-state index contributed by atoms with van der Waals surface area (Å²) in [6.45, 7) is 1.88. The van der Waals surface area contributed by atoms with Gasteiger partial charge >= 0.3 is 0 Å². The highest BCUT2D eigenvalue weighted by Crippen LogP contribution is 2.37. The Bertz CT molecular complexity index is 1030. The molecular weight excluding hydrogens is 384 g/mol. The first-order valence-electron chi connectivity index (χ1n) is 9.38. The van der Waals surface area contributed by atoms with E-state index >= 15 is 0 Å². The van der Waals surface area contributed by atoms with E-state index in [0.29, 0.717) is 12.8 Å². The van der Waals surface area contributed by atoms with Crippen LogP contribution in [-0.2, 0) is 4.79 Å². The van der Waals surface area contributed by atoms with Crippen LogP contribution in [0.25, 0.3) is 20.9 Å². The SMILES string of the molecule is CC1CC(C(=O)c2ccccc2N=[N+]=[N-])C(=O)C(C(=O)c2ccccc2N=[N+]=[N-])C1. The van der Waals surface area contributed by atoms with Gasteiger partial charge in [0, 0.05) is 32.3 Å². The third kappa shape index (κ3) is 4.07. The minimum atomic E-state index is -1.01. The van der Waals surface area contributed by atoms with E-state index < -0.39 is 29.2 Å². The van der Waals surface area contributed by atoms with Gasteiger partial charge in [0.1, 0.15) is 0 Å². The lowest BCUT2D eigenvalue weighted by Crippen LogP contribution is -2.40. The molecule has 150 valence electrons. The summed E-state index contributed by atoms with van der Waals surface area (Å²) < 4.78 is 0. The molecule has 0 amide bonds. The lowest BCUT2D eigenvalue weighted by atomic mass is 9.70. The number of carbonyl (C=O) groups excluding carboxylic acids is 3. The number of carbonyl (C=O) groups is 3. The van der Waals surface area contributed by atoms with Gasteiger partial charge in [0.2, 0.25) is 0 Å². The Hall–Kier alpha value is -3.93. The van der Waals surface area contributed by atoms with Crippen molar-refractivity contribution in [1.82, 2.24) is 0 Å². The van der Waals surface area contributed by atoms with Gasteiger partial charge in [-0.15, -0.1) is 0 Å². The molecular formula is C21H18N6O3. The fourth-order valence-electron chi connectivity index (χ4n) is 3.86. The quantitative estimate of drug-likeness (QED) is 0.195. The molecule has 0 aromatic heterocycles. The van der Waals surface area contributed by atoms with Crippen molar-refractivity contribution in [3.8, 4) is 0 Å². The zero-order valence-electron chi connectivity index (χ0n) is 16.2. The van der Waals surface area contributed by atoms with E-state index in [1.165, 1.54) is 24.3 Å². The normalized spacial score (nSPS) is 20.6. The van der Waals surface area contributed by atoms with Crippen LogP contribution in [0.3, 0.4) is 0 Å². The van der Waals surface area contributed by atoms with E-state index in [1.54, 1.807) is 24.3 Å². The second-order valence-electron chi connectivity index (χ2n) is 7.23. The zero-order valence-corrected chi connectivity index (χ0v) is 16.2. The third-order valence-electron chi connectivity index (χ3n) is 5.24. The number of azide groups is 2.